The Morgan fingerprint density at radius 3 is 2.54 bits per heavy atom. The van der Waals surface area contributed by atoms with Crippen molar-refractivity contribution in [2.75, 3.05) is 7.11 Å². The van der Waals surface area contributed by atoms with Gasteiger partial charge in [0.25, 0.3) is 0 Å². The summed E-state index contributed by atoms with van der Waals surface area (Å²) in [5.41, 5.74) is 1.63. The maximum Gasteiger partial charge on any atom is 0.343 e. The lowest BCUT2D eigenvalue weighted by molar-refractivity contribution is 0.0734. The molecule has 0 bridgehead atoms. The second-order valence-corrected chi connectivity index (χ2v) is 6.13. The highest BCUT2D eigenvalue weighted by molar-refractivity contribution is 6.14. The Labute approximate surface area is 161 Å². The number of rotatable bonds is 4. The highest BCUT2D eigenvalue weighted by Crippen LogP contribution is 2.35. The topological polar surface area (TPSA) is 61.8 Å². The fourth-order valence-corrected chi connectivity index (χ4v) is 2.85. The van der Waals surface area contributed by atoms with Crippen LogP contribution in [0.4, 0.5) is 0 Å². The molecule has 1 aliphatic heterocycles. The quantitative estimate of drug-likeness (QED) is 0.382. The van der Waals surface area contributed by atoms with Crippen LogP contribution in [-0.2, 0) is 0 Å². The third-order valence-electron chi connectivity index (χ3n) is 4.25. The van der Waals surface area contributed by atoms with Crippen LogP contribution < -0.4 is 14.2 Å². The number of esters is 1. The smallest absolute Gasteiger partial charge is 0.343 e. The summed E-state index contributed by atoms with van der Waals surface area (Å²) in [5, 5.41) is 0. The Balaban J connectivity index is 1.55. The van der Waals surface area contributed by atoms with E-state index in [0.717, 1.165) is 0 Å². The van der Waals surface area contributed by atoms with Gasteiger partial charge >= 0.3 is 5.97 Å². The summed E-state index contributed by atoms with van der Waals surface area (Å²) in [6.07, 6.45) is 1.62. The molecule has 0 atom stereocenters. The van der Waals surface area contributed by atoms with Gasteiger partial charge in [-0.1, -0.05) is 30.3 Å². The van der Waals surface area contributed by atoms with Gasteiger partial charge in [-0.15, -0.1) is 0 Å². The summed E-state index contributed by atoms with van der Waals surface area (Å²) >= 11 is 0. The monoisotopic (exact) mass is 372 g/mol. The maximum atomic E-state index is 12.5. The van der Waals surface area contributed by atoms with Gasteiger partial charge in [0.05, 0.1) is 18.2 Å². The van der Waals surface area contributed by atoms with Gasteiger partial charge in [0.2, 0.25) is 5.78 Å². The summed E-state index contributed by atoms with van der Waals surface area (Å²) < 4.78 is 16.3. The normalized spacial score (nSPS) is 13.8. The number of hydrogen-bond acceptors (Lipinski definition) is 5. The van der Waals surface area contributed by atoms with Crippen LogP contribution in [0.5, 0.6) is 17.2 Å². The summed E-state index contributed by atoms with van der Waals surface area (Å²) in [7, 11) is 1.55. The molecular formula is C23H16O5. The lowest BCUT2D eigenvalue weighted by Gasteiger charge is -2.05. The molecule has 5 heteroatoms. The first kappa shape index (κ1) is 17.5. The van der Waals surface area contributed by atoms with E-state index in [1.165, 1.54) is 0 Å². The highest BCUT2D eigenvalue weighted by atomic mass is 16.5. The third-order valence-corrected chi connectivity index (χ3v) is 4.25. The highest BCUT2D eigenvalue weighted by Gasteiger charge is 2.27. The molecular weight excluding hydrogens is 356 g/mol. The molecule has 0 N–H and O–H groups in total. The predicted molar refractivity (Wildman–Crippen MR) is 104 cm³/mol. The van der Waals surface area contributed by atoms with Gasteiger partial charge in [-0.3, -0.25) is 4.79 Å². The van der Waals surface area contributed by atoms with Gasteiger partial charge in [-0.25, -0.2) is 4.79 Å². The molecule has 0 aromatic heterocycles. The van der Waals surface area contributed by atoms with Crippen LogP contribution in [0.2, 0.25) is 0 Å². The first-order valence-electron chi connectivity index (χ1n) is 8.63. The molecule has 3 aromatic rings. The van der Waals surface area contributed by atoms with Gasteiger partial charge in [-0.05, 0) is 48.0 Å². The molecule has 138 valence electrons. The van der Waals surface area contributed by atoms with Crippen molar-refractivity contribution < 1.29 is 23.8 Å². The largest absolute Gasteiger partial charge is 0.497 e. The van der Waals surface area contributed by atoms with E-state index in [4.69, 9.17) is 14.2 Å². The first-order valence-corrected chi connectivity index (χ1v) is 8.63. The second-order valence-electron chi connectivity index (χ2n) is 6.13. The summed E-state index contributed by atoms with van der Waals surface area (Å²) in [6, 6.07) is 20.7. The minimum atomic E-state index is -0.446. The van der Waals surface area contributed by atoms with Gasteiger partial charge in [-0.2, -0.15) is 0 Å². The SMILES string of the molecule is COc1ccc2c(c1)O/C(=C\c1cccc(OC(=O)c3ccccc3)c1)C2=O. The van der Waals surface area contributed by atoms with Gasteiger partial charge in [0.1, 0.15) is 17.2 Å². The summed E-state index contributed by atoms with van der Waals surface area (Å²) in [6.45, 7) is 0. The Hall–Kier alpha value is -3.86. The first-order chi connectivity index (χ1) is 13.6. The molecule has 4 rings (SSSR count). The molecule has 0 fully saturated rings. The summed E-state index contributed by atoms with van der Waals surface area (Å²) in [5.74, 6) is 1.01. The van der Waals surface area contributed by atoms with E-state index in [-0.39, 0.29) is 11.5 Å². The zero-order valence-electron chi connectivity index (χ0n) is 15.0. The fourth-order valence-electron chi connectivity index (χ4n) is 2.85. The lowest BCUT2D eigenvalue weighted by Crippen LogP contribution is -2.08. The molecule has 0 unspecified atom stereocenters. The van der Waals surface area contributed by atoms with E-state index < -0.39 is 5.97 Å². The van der Waals surface area contributed by atoms with Crippen molar-refractivity contribution in [3.05, 3.63) is 95.2 Å². The standard InChI is InChI=1S/C23H16O5/c1-26-17-10-11-19-20(14-17)28-21(22(19)24)13-15-6-5-9-18(12-15)27-23(25)16-7-3-2-4-8-16/h2-14H,1H3/b21-13-. The van der Waals surface area contributed by atoms with E-state index in [1.807, 2.05) is 6.07 Å². The number of ketones is 1. The molecule has 3 aromatic carbocycles. The van der Waals surface area contributed by atoms with Crippen molar-refractivity contribution in [3.8, 4) is 17.2 Å². The van der Waals surface area contributed by atoms with Gasteiger partial charge in [0.15, 0.2) is 5.76 Å². The van der Waals surface area contributed by atoms with Gasteiger partial charge in [0, 0.05) is 6.07 Å². The fraction of sp³-hybridized carbons (Fsp3) is 0.0435. The zero-order valence-corrected chi connectivity index (χ0v) is 15.0. The Kier molecular flexibility index (Phi) is 4.64. The predicted octanol–water partition coefficient (Wildman–Crippen LogP) is 4.53. The van der Waals surface area contributed by atoms with Crippen LogP contribution in [-0.4, -0.2) is 18.9 Å². The number of benzene rings is 3. The number of allylic oxidation sites excluding steroid dienone is 1. The van der Waals surface area contributed by atoms with Crippen molar-refractivity contribution >= 4 is 17.8 Å². The van der Waals surface area contributed by atoms with E-state index in [2.05, 4.69) is 0 Å². The number of carbonyl (C=O) groups is 2. The molecule has 0 amide bonds. The van der Waals surface area contributed by atoms with E-state index in [0.29, 0.717) is 33.9 Å². The van der Waals surface area contributed by atoms with Crippen LogP contribution in [0, 0.1) is 0 Å². The van der Waals surface area contributed by atoms with E-state index >= 15 is 0 Å². The number of carbonyl (C=O) groups excluding carboxylic acids is 2. The molecule has 1 heterocycles. The van der Waals surface area contributed by atoms with Gasteiger partial charge < -0.3 is 14.2 Å². The Bertz CT molecular complexity index is 1080. The third kappa shape index (κ3) is 3.50. The van der Waals surface area contributed by atoms with Crippen LogP contribution >= 0.6 is 0 Å². The van der Waals surface area contributed by atoms with Crippen LogP contribution in [0.15, 0.2) is 78.6 Å². The van der Waals surface area contributed by atoms with Crippen molar-refractivity contribution in [3.63, 3.8) is 0 Å². The number of fused-ring (bicyclic) bond motifs is 1. The van der Waals surface area contributed by atoms with Crippen LogP contribution in [0.3, 0.4) is 0 Å². The lowest BCUT2D eigenvalue weighted by atomic mass is 10.1. The van der Waals surface area contributed by atoms with E-state index in [1.54, 1.807) is 79.9 Å². The number of methoxy groups -OCH3 is 1. The molecule has 0 radical (unpaired) electrons. The molecule has 0 saturated carbocycles. The van der Waals surface area contributed by atoms with E-state index in [9.17, 15) is 9.59 Å². The molecule has 28 heavy (non-hydrogen) atoms. The van der Waals surface area contributed by atoms with Crippen molar-refractivity contribution in [2.45, 2.75) is 0 Å². The molecule has 5 nitrogen and oxygen atoms in total. The molecule has 0 spiro atoms. The average molecular weight is 372 g/mol. The molecule has 0 aliphatic carbocycles. The zero-order chi connectivity index (χ0) is 19.5. The van der Waals surface area contributed by atoms with Crippen molar-refractivity contribution in [1.82, 2.24) is 0 Å². The number of hydrogen-bond donors (Lipinski definition) is 0. The minimum Gasteiger partial charge on any atom is -0.497 e. The molecule has 0 saturated heterocycles. The average Bonchev–Trinajstić information content (AvgIpc) is 3.03. The Morgan fingerprint density at radius 2 is 1.75 bits per heavy atom. The number of Topliss-reactive ketones (excluding diaryl/α,β-unsaturated/α-hetero) is 1. The van der Waals surface area contributed by atoms with Crippen molar-refractivity contribution in [1.29, 1.82) is 0 Å². The molecule has 1 aliphatic rings. The number of ether oxygens (including phenoxy) is 3. The summed E-state index contributed by atoms with van der Waals surface area (Å²) in [4.78, 5) is 24.7. The second kappa shape index (κ2) is 7.40. The Morgan fingerprint density at radius 1 is 0.929 bits per heavy atom. The maximum absolute atomic E-state index is 12.5. The van der Waals surface area contributed by atoms with Crippen LogP contribution in [0.25, 0.3) is 6.08 Å². The minimum absolute atomic E-state index is 0.204. The van der Waals surface area contributed by atoms with Crippen LogP contribution in [0.1, 0.15) is 26.3 Å². The van der Waals surface area contributed by atoms with Crippen molar-refractivity contribution in [2.24, 2.45) is 0 Å².